The monoisotopic (exact) mass is 321 g/mol. The first-order valence-electron chi connectivity index (χ1n) is 7.31. The minimum absolute atomic E-state index is 0.00364. The highest BCUT2D eigenvalue weighted by molar-refractivity contribution is 7.91. The molecule has 1 amide bonds. The fourth-order valence-electron chi connectivity index (χ4n) is 2.87. The van der Waals surface area contributed by atoms with Crippen LogP contribution < -0.4 is 0 Å². The van der Waals surface area contributed by atoms with Crippen LogP contribution in [0.15, 0.2) is 30.6 Å². The lowest BCUT2D eigenvalue weighted by Crippen LogP contribution is -2.32. The van der Waals surface area contributed by atoms with Gasteiger partial charge in [-0.15, -0.1) is 0 Å². The number of rotatable bonds is 4. The lowest BCUT2D eigenvalue weighted by atomic mass is 10.3. The number of aromatic nitrogens is 2. The molecule has 1 aromatic carbocycles. The first-order chi connectivity index (χ1) is 10.4. The fraction of sp³-hybridized carbons (Fsp3) is 0.467. The van der Waals surface area contributed by atoms with Gasteiger partial charge < -0.3 is 9.47 Å². The van der Waals surface area contributed by atoms with E-state index < -0.39 is 15.1 Å². The maximum absolute atomic E-state index is 12.2. The third kappa shape index (κ3) is 2.99. The predicted octanol–water partition coefficient (Wildman–Crippen LogP) is 1.07. The van der Waals surface area contributed by atoms with E-state index in [4.69, 9.17) is 0 Å². The summed E-state index contributed by atoms with van der Waals surface area (Å²) in [6.45, 7) is 1.41. The summed E-state index contributed by atoms with van der Waals surface area (Å²) in [7, 11) is -3.07. The van der Waals surface area contributed by atoms with Crippen molar-refractivity contribution in [2.24, 2.45) is 0 Å². The largest absolute Gasteiger partial charge is 0.341 e. The summed E-state index contributed by atoms with van der Waals surface area (Å²) in [5.74, 6) is 0.00364. The Bertz CT molecular complexity index is 797. The maximum Gasteiger partial charge on any atom is 0.224 e. The average Bonchev–Trinajstić information content (AvgIpc) is 3.11. The molecular formula is C15H19N3O3S. The van der Waals surface area contributed by atoms with Gasteiger partial charge in [-0.1, -0.05) is 12.1 Å². The van der Waals surface area contributed by atoms with Crippen LogP contribution in [0.5, 0.6) is 0 Å². The van der Waals surface area contributed by atoms with E-state index in [-0.39, 0.29) is 5.91 Å². The molecule has 3 rings (SSSR count). The van der Waals surface area contributed by atoms with Gasteiger partial charge in [0.1, 0.15) is 0 Å². The molecule has 1 aromatic heterocycles. The number of benzene rings is 1. The highest BCUT2D eigenvalue weighted by Gasteiger charge is 2.32. The molecule has 1 fully saturated rings. The van der Waals surface area contributed by atoms with Crippen molar-refractivity contribution in [3.05, 3.63) is 30.6 Å². The Hall–Kier alpha value is -1.89. The third-order valence-corrected chi connectivity index (χ3v) is 5.79. The fourth-order valence-corrected chi connectivity index (χ4v) is 3.85. The minimum Gasteiger partial charge on any atom is -0.341 e. The molecule has 118 valence electrons. The lowest BCUT2D eigenvalue weighted by molar-refractivity contribution is -0.130. The zero-order valence-electron chi connectivity index (χ0n) is 12.5. The van der Waals surface area contributed by atoms with Crippen molar-refractivity contribution in [2.75, 3.05) is 19.3 Å². The van der Waals surface area contributed by atoms with Gasteiger partial charge in [0.2, 0.25) is 5.91 Å². The van der Waals surface area contributed by atoms with E-state index in [1.165, 1.54) is 6.26 Å². The molecule has 0 saturated carbocycles. The molecule has 22 heavy (non-hydrogen) atoms. The van der Waals surface area contributed by atoms with Crippen molar-refractivity contribution in [2.45, 2.75) is 24.6 Å². The molecule has 1 saturated heterocycles. The molecule has 7 heteroatoms. The predicted molar refractivity (Wildman–Crippen MR) is 84.2 cm³/mol. The smallest absolute Gasteiger partial charge is 0.224 e. The molecule has 0 bridgehead atoms. The Morgan fingerprint density at radius 2 is 2.14 bits per heavy atom. The summed E-state index contributed by atoms with van der Waals surface area (Å²) >= 11 is 0. The van der Waals surface area contributed by atoms with E-state index in [1.807, 2.05) is 28.8 Å². The first-order valence-corrected chi connectivity index (χ1v) is 9.27. The van der Waals surface area contributed by atoms with E-state index in [2.05, 4.69) is 4.98 Å². The summed E-state index contributed by atoms with van der Waals surface area (Å²) < 4.78 is 25.0. The van der Waals surface area contributed by atoms with Crippen LogP contribution in [0.1, 0.15) is 12.8 Å². The highest BCUT2D eigenvalue weighted by atomic mass is 32.2. The van der Waals surface area contributed by atoms with Gasteiger partial charge in [-0.3, -0.25) is 4.79 Å². The number of aryl methyl sites for hydroxylation is 1. The second kappa shape index (κ2) is 5.72. The van der Waals surface area contributed by atoms with Crippen molar-refractivity contribution >= 4 is 26.8 Å². The molecule has 1 atom stereocenters. The molecule has 1 aliphatic rings. The molecule has 0 aliphatic carbocycles. The van der Waals surface area contributed by atoms with Gasteiger partial charge in [-0.25, -0.2) is 13.4 Å². The molecule has 2 heterocycles. The number of carbonyl (C=O) groups is 1. The van der Waals surface area contributed by atoms with E-state index in [1.54, 1.807) is 11.2 Å². The second-order valence-electron chi connectivity index (χ2n) is 5.76. The molecular weight excluding hydrogens is 302 g/mol. The zero-order chi connectivity index (χ0) is 15.7. The summed E-state index contributed by atoms with van der Waals surface area (Å²) in [6, 6.07) is 7.78. The quantitative estimate of drug-likeness (QED) is 0.844. The van der Waals surface area contributed by atoms with Gasteiger partial charge in [-0.05, 0) is 18.6 Å². The third-order valence-electron chi connectivity index (χ3n) is 4.20. The Balaban J connectivity index is 1.61. The summed E-state index contributed by atoms with van der Waals surface area (Å²) in [6.07, 6.45) is 3.87. The number of hydrogen-bond donors (Lipinski definition) is 0. The number of fused-ring (bicyclic) bond motifs is 1. The molecule has 6 nitrogen and oxygen atoms in total. The first kappa shape index (κ1) is 15.0. The number of nitrogens with zero attached hydrogens (tertiary/aromatic N) is 3. The standard InChI is InChI=1S/C15H19N3O3S/c1-22(20,21)12-6-8-17(10-12)15(19)7-9-18-11-16-13-4-2-3-5-14(13)18/h2-5,11-12H,6-10H2,1H3. The van der Waals surface area contributed by atoms with Crippen LogP contribution in [0.3, 0.4) is 0 Å². The van der Waals surface area contributed by atoms with Crippen LogP contribution in [-0.2, 0) is 21.2 Å². The molecule has 1 unspecified atom stereocenters. The van der Waals surface area contributed by atoms with Crippen molar-refractivity contribution in [3.63, 3.8) is 0 Å². The topological polar surface area (TPSA) is 72.3 Å². The average molecular weight is 321 g/mol. The summed E-state index contributed by atoms with van der Waals surface area (Å²) in [5.41, 5.74) is 1.92. The van der Waals surface area contributed by atoms with Crippen molar-refractivity contribution in [1.29, 1.82) is 0 Å². The summed E-state index contributed by atoms with van der Waals surface area (Å²) in [5, 5.41) is -0.412. The number of hydrogen-bond acceptors (Lipinski definition) is 4. The number of likely N-dealkylation sites (tertiary alicyclic amines) is 1. The van der Waals surface area contributed by atoms with Gasteiger partial charge in [0, 0.05) is 32.3 Å². The second-order valence-corrected chi connectivity index (χ2v) is 8.08. The normalized spacial score (nSPS) is 19.0. The molecule has 0 radical (unpaired) electrons. The van der Waals surface area contributed by atoms with Crippen molar-refractivity contribution < 1.29 is 13.2 Å². The van der Waals surface area contributed by atoms with Gasteiger partial charge in [-0.2, -0.15) is 0 Å². The Labute approximate surface area is 129 Å². The number of para-hydroxylation sites is 2. The van der Waals surface area contributed by atoms with E-state index in [0.717, 1.165) is 11.0 Å². The minimum atomic E-state index is -3.07. The number of amides is 1. The van der Waals surface area contributed by atoms with E-state index in [0.29, 0.717) is 32.5 Å². The number of carbonyl (C=O) groups excluding carboxylic acids is 1. The maximum atomic E-state index is 12.2. The zero-order valence-corrected chi connectivity index (χ0v) is 13.3. The van der Waals surface area contributed by atoms with Gasteiger partial charge >= 0.3 is 0 Å². The number of sulfone groups is 1. The van der Waals surface area contributed by atoms with Crippen molar-refractivity contribution in [1.82, 2.24) is 14.5 Å². The van der Waals surface area contributed by atoms with Crippen LogP contribution in [0.2, 0.25) is 0 Å². The van der Waals surface area contributed by atoms with Crippen LogP contribution in [0, 0.1) is 0 Å². The van der Waals surface area contributed by atoms with E-state index >= 15 is 0 Å². The van der Waals surface area contributed by atoms with E-state index in [9.17, 15) is 13.2 Å². The number of imidazole rings is 1. The molecule has 0 N–H and O–H groups in total. The highest BCUT2D eigenvalue weighted by Crippen LogP contribution is 2.18. The van der Waals surface area contributed by atoms with Gasteiger partial charge in [0.05, 0.1) is 22.6 Å². The Kier molecular flexibility index (Phi) is 3.90. The molecule has 0 spiro atoms. The summed E-state index contributed by atoms with van der Waals surface area (Å²) in [4.78, 5) is 18.2. The van der Waals surface area contributed by atoms with Crippen LogP contribution in [-0.4, -0.2) is 53.4 Å². The molecule has 2 aromatic rings. The SMILES string of the molecule is CS(=O)(=O)C1CCN(C(=O)CCn2cnc3ccccc32)C1. The van der Waals surface area contributed by atoms with Crippen LogP contribution >= 0.6 is 0 Å². The Morgan fingerprint density at radius 3 is 2.86 bits per heavy atom. The Morgan fingerprint density at radius 1 is 1.36 bits per heavy atom. The van der Waals surface area contributed by atoms with Gasteiger partial charge in [0.25, 0.3) is 0 Å². The van der Waals surface area contributed by atoms with Crippen LogP contribution in [0.4, 0.5) is 0 Å². The van der Waals surface area contributed by atoms with Crippen LogP contribution in [0.25, 0.3) is 11.0 Å². The molecule has 1 aliphatic heterocycles. The lowest BCUT2D eigenvalue weighted by Gasteiger charge is -2.16. The van der Waals surface area contributed by atoms with Crippen molar-refractivity contribution in [3.8, 4) is 0 Å². The van der Waals surface area contributed by atoms with Gasteiger partial charge in [0.15, 0.2) is 9.84 Å².